The SMILES string of the molecule is Cc1cc(C(N)=O)ccc1CN(CCO)C1CCC1. The standard InChI is InChI=1S/C15H22N2O2/c1-11-9-12(15(16)19)5-6-13(11)10-17(7-8-18)14-3-2-4-14/h5-6,9,14,18H,2-4,7-8,10H2,1H3,(H2,16,19). The second kappa shape index (κ2) is 6.17. The number of carbonyl (C=O) groups excluding carboxylic acids is 1. The molecule has 0 radical (unpaired) electrons. The van der Waals surface area contributed by atoms with E-state index < -0.39 is 0 Å². The van der Waals surface area contributed by atoms with Crippen LogP contribution in [0.4, 0.5) is 0 Å². The average molecular weight is 262 g/mol. The van der Waals surface area contributed by atoms with Gasteiger partial charge in [-0.25, -0.2) is 0 Å². The zero-order valence-corrected chi connectivity index (χ0v) is 11.4. The highest BCUT2D eigenvalue weighted by atomic mass is 16.3. The van der Waals surface area contributed by atoms with Gasteiger partial charge in [-0.15, -0.1) is 0 Å². The molecule has 0 atom stereocenters. The lowest BCUT2D eigenvalue weighted by Crippen LogP contribution is -2.41. The molecule has 4 nitrogen and oxygen atoms in total. The first kappa shape index (κ1) is 14.0. The fourth-order valence-electron chi connectivity index (χ4n) is 2.52. The minimum Gasteiger partial charge on any atom is -0.395 e. The van der Waals surface area contributed by atoms with Gasteiger partial charge < -0.3 is 10.8 Å². The predicted octanol–water partition coefficient (Wildman–Crippen LogP) is 1.44. The van der Waals surface area contributed by atoms with Crippen molar-refractivity contribution < 1.29 is 9.90 Å². The Morgan fingerprint density at radius 3 is 2.68 bits per heavy atom. The Kier molecular flexibility index (Phi) is 4.56. The average Bonchev–Trinajstić information content (AvgIpc) is 2.29. The molecule has 2 rings (SSSR count). The van der Waals surface area contributed by atoms with E-state index in [0.717, 1.165) is 12.1 Å². The van der Waals surface area contributed by atoms with Crippen LogP contribution in [0.15, 0.2) is 18.2 Å². The quantitative estimate of drug-likeness (QED) is 0.815. The minimum atomic E-state index is -0.388. The zero-order valence-electron chi connectivity index (χ0n) is 11.4. The van der Waals surface area contributed by atoms with Gasteiger partial charge in [0.05, 0.1) is 6.61 Å². The first-order chi connectivity index (χ1) is 9.11. The van der Waals surface area contributed by atoms with Crippen LogP contribution in [0.25, 0.3) is 0 Å². The maximum atomic E-state index is 11.1. The van der Waals surface area contributed by atoms with Crippen LogP contribution in [0.5, 0.6) is 0 Å². The molecule has 1 aliphatic carbocycles. The molecule has 0 unspecified atom stereocenters. The van der Waals surface area contributed by atoms with Gasteiger partial charge in [-0.1, -0.05) is 12.5 Å². The number of aryl methyl sites for hydroxylation is 1. The highest BCUT2D eigenvalue weighted by molar-refractivity contribution is 5.93. The van der Waals surface area contributed by atoms with Gasteiger partial charge in [0.15, 0.2) is 0 Å². The fourth-order valence-corrected chi connectivity index (χ4v) is 2.52. The lowest BCUT2D eigenvalue weighted by Gasteiger charge is -2.37. The minimum absolute atomic E-state index is 0.189. The van der Waals surface area contributed by atoms with E-state index >= 15 is 0 Å². The van der Waals surface area contributed by atoms with E-state index in [-0.39, 0.29) is 12.5 Å². The Hall–Kier alpha value is -1.39. The van der Waals surface area contributed by atoms with Crippen molar-refractivity contribution in [1.29, 1.82) is 0 Å². The second-order valence-corrected chi connectivity index (χ2v) is 5.28. The van der Waals surface area contributed by atoms with Crippen LogP contribution in [0.2, 0.25) is 0 Å². The van der Waals surface area contributed by atoms with Crippen LogP contribution in [0.1, 0.15) is 40.7 Å². The largest absolute Gasteiger partial charge is 0.395 e. The van der Waals surface area contributed by atoms with Crippen molar-refractivity contribution >= 4 is 5.91 Å². The van der Waals surface area contributed by atoms with Gasteiger partial charge in [-0.05, 0) is 43.0 Å². The van der Waals surface area contributed by atoms with E-state index in [9.17, 15) is 4.79 Å². The molecule has 1 amide bonds. The van der Waals surface area contributed by atoms with Gasteiger partial charge in [0.1, 0.15) is 0 Å². The van der Waals surface area contributed by atoms with Crippen molar-refractivity contribution in [1.82, 2.24) is 4.90 Å². The third kappa shape index (κ3) is 3.33. The number of aliphatic hydroxyl groups excluding tert-OH is 1. The Balaban J connectivity index is 2.09. The van der Waals surface area contributed by atoms with Crippen LogP contribution < -0.4 is 5.73 Å². The lowest BCUT2D eigenvalue weighted by molar-refractivity contribution is 0.0943. The summed E-state index contributed by atoms with van der Waals surface area (Å²) in [4.78, 5) is 13.5. The second-order valence-electron chi connectivity index (χ2n) is 5.28. The molecule has 0 spiro atoms. The Morgan fingerprint density at radius 2 is 2.21 bits per heavy atom. The normalized spacial score (nSPS) is 15.5. The summed E-state index contributed by atoms with van der Waals surface area (Å²) in [6.07, 6.45) is 3.73. The lowest BCUT2D eigenvalue weighted by atomic mass is 9.90. The predicted molar refractivity (Wildman–Crippen MR) is 74.8 cm³/mol. The molecule has 1 saturated carbocycles. The third-order valence-electron chi connectivity index (χ3n) is 3.98. The number of primary amides is 1. The number of hydrogen-bond acceptors (Lipinski definition) is 3. The van der Waals surface area contributed by atoms with E-state index in [2.05, 4.69) is 4.90 Å². The molecule has 0 bridgehead atoms. The topological polar surface area (TPSA) is 66.6 Å². The van der Waals surface area contributed by atoms with E-state index in [1.807, 2.05) is 19.1 Å². The molecule has 0 aliphatic heterocycles. The van der Waals surface area contributed by atoms with Crippen molar-refractivity contribution in [2.24, 2.45) is 5.73 Å². The van der Waals surface area contributed by atoms with E-state index in [1.165, 1.54) is 24.8 Å². The molecule has 1 fully saturated rings. The maximum Gasteiger partial charge on any atom is 0.248 e. The summed E-state index contributed by atoms with van der Waals surface area (Å²) < 4.78 is 0. The Labute approximate surface area is 114 Å². The van der Waals surface area contributed by atoms with Crippen molar-refractivity contribution in [3.8, 4) is 0 Å². The van der Waals surface area contributed by atoms with Crippen molar-refractivity contribution in [2.45, 2.75) is 38.8 Å². The van der Waals surface area contributed by atoms with E-state index in [1.54, 1.807) is 6.07 Å². The summed E-state index contributed by atoms with van der Waals surface area (Å²) in [6.45, 7) is 3.73. The number of amides is 1. The van der Waals surface area contributed by atoms with E-state index in [0.29, 0.717) is 18.2 Å². The summed E-state index contributed by atoms with van der Waals surface area (Å²) in [5.74, 6) is -0.388. The van der Waals surface area contributed by atoms with Crippen molar-refractivity contribution in [3.63, 3.8) is 0 Å². The van der Waals surface area contributed by atoms with Crippen molar-refractivity contribution in [3.05, 3.63) is 34.9 Å². The molecule has 0 aromatic heterocycles. The van der Waals surface area contributed by atoms with Gasteiger partial charge in [-0.2, -0.15) is 0 Å². The maximum absolute atomic E-state index is 11.1. The first-order valence-electron chi connectivity index (χ1n) is 6.86. The van der Waals surface area contributed by atoms with Crippen LogP contribution in [-0.4, -0.2) is 35.1 Å². The molecule has 0 heterocycles. The molecule has 1 aromatic rings. The van der Waals surface area contributed by atoms with Crippen LogP contribution in [0.3, 0.4) is 0 Å². The number of carbonyl (C=O) groups is 1. The van der Waals surface area contributed by atoms with Gasteiger partial charge in [0, 0.05) is 24.7 Å². The zero-order chi connectivity index (χ0) is 13.8. The smallest absolute Gasteiger partial charge is 0.248 e. The number of nitrogens with two attached hydrogens (primary N) is 1. The number of rotatable bonds is 6. The molecule has 19 heavy (non-hydrogen) atoms. The van der Waals surface area contributed by atoms with Crippen LogP contribution in [0, 0.1) is 6.92 Å². The van der Waals surface area contributed by atoms with E-state index in [4.69, 9.17) is 10.8 Å². The Morgan fingerprint density at radius 1 is 1.47 bits per heavy atom. The highest BCUT2D eigenvalue weighted by Gasteiger charge is 2.24. The molecule has 0 saturated heterocycles. The molecule has 104 valence electrons. The summed E-state index contributed by atoms with van der Waals surface area (Å²) in [6, 6.07) is 6.19. The van der Waals surface area contributed by atoms with Gasteiger partial charge in [0.25, 0.3) is 0 Å². The molecule has 1 aliphatic rings. The fraction of sp³-hybridized carbons (Fsp3) is 0.533. The summed E-state index contributed by atoms with van der Waals surface area (Å²) >= 11 is 0. The molecule has 3 N–H and O–H groups in total. The van der Waals surface area contributed by atoms with Gasteiger partial charge in [0.2, 0.25) is 5.91 Å². The number of benzene rings is 1. The third-order valence-corrected chi connectivity index (χ3v) is 3.98. The first-order valence-corrected chi connectivity index (χ1v) is 6.86. The molecule has 4 heteroatoms. The monoisotopic (exact) mass is 262 g/mol. The van der Waals surface area contributed by atoms with Crippen LogP contribution >= 0.6 is 0 Å². The Bertz CT molecular complexity index is 455. The summed E-state index contributed by atoms with van der Waals surface area (Å²) in [7, 11) is 0. The summed E-state index contributed by atoms with van der Waals surface area (Å²) in [5.41, 5.74) is 8.11. The molecular weight excluding hydrogens is 240 g/mol. The van der Waals surface area contributed by atoms with Crippen LogP contribution in [-0.2, 0) is 6.54 Å². The van der Waals surface area contributed by atoms with Crippen molar-refractivity contribution in [2.75, 3.05) is 13.2 Å². The number of hydrogen-bond donors (Lipinski definition) is 2. The van der Waals surface area contributed by atoms with Gasteiger partial charge in [-0.3, -0.25) is 9.69 Å². The number of nitrogens with zero attached hydrogens (tertiary/aromatic N) is 1. The molecule has 1 aromatic carbocycles. The summed E-state index contributed by atoms with van der Waals surface area (Å²) in [5, 5.41) is 9.17. The molecular formula is C15H22N2O2. The number of aliphatic hydroxyl groups is 1. The van der Waals surface area contributed by atoms with Gasteiger partial charge >= 0.3 is 0 Å². The highest BCUT2D eigenvalue weighted by Crippen LogP contribution is 2.26.